The Morgan fingerprint density at radius 2 is 1.78 bits per heavy atom. The lowest BCUT2D eigenvalue weighted by molar-refractivity contribution is 0.185. The average Bonchev–Trinajstić information content (AvgIpc) is 2.35. The predicted molar refractivity (Wildman–Crippen MR) is 79.1 cm³/mol. The van der Waals surface area contributed by atoms with E-state index in [1.165, 1.54) is 61.8 Å². The molecule has 0 aliphatic heterocycles. The van der Waals surface area contributed by atoms with Gasteiger partial charge in [0, 0.05) is 6.54 Å². The van der Waals surface area contributed by atoms with Crippen LogP contribution >= 0.6 is 0 Å². The highest BCUT2D eigenvalue weighted by atomic mass is 14.8. The van der Waals surface area contributed by atoms with Crippen molar-refractivity contribution in [1.82, 2.24) is 5.32 Å². The molecule has 100 valence electrons. The topological polar surface area (TPSA) is 12.0 Å². The molecule has 1 nitrogen and oxygen atoms in total. The number of hydrogen-bond donors (Lipinski definition) is 1. The van der Waals surface area contributed by atoms with Crippen molar-refractivity contribution in [3.8, 4) is 0 Å². The lowest BCUT2D eigenvalue weighted by Gasteiger charge is -2.37. The van der Waals surface area contributed by atoms with E-state index in [4.69, 9.17) is 0 Å². The minimum absolute atomic E-state index is 0.509. The molecule has 0 bridgehead atoms. The molecule has 0 radical (unpaired) electrons. The molecular formula is C17H27N. The van der Waals surface area contributed by atoms with Crippen molar-refractivity contribution in [1.29, 1.82) is 0 Å². The summed E-state index contributed by atoms with van der Waals surface area (Å²) in [6.07, 6.45) is 8.27. The minimum Gasteiger partial charge on any atom is -0.319 e. The van der Waals surface area contributed by atoms with Gasteiger partial charge in [0.1, 0.15) is 0 Å². The molecule has 1 heteroatoms. The van der Waals surface area contributed by atoms with Crippen LogP contribution in [0.5, 0.6) is 0 Å². The van der Waals surface area contributed by atoms with Crippen molar-refractivity contribution < 1.29 is 0 Å². The van der Waals surface area contributed by atoms with E-state index >= 15 is 0 Å². The van der Waals surface area contributed by atoms with Gasteiger partial charge < -0.3 is 5.32 Å². The largest absolute Gasteiger partial charge is 0.319 e. The summed E-state index contributed by atoms with van der Waals surface area (Å²) in [4.78, 5) is 0. The van der Waals surface area contributed by atoms with E-state index in [9.17, 15) is 0 Å². The maximum absolute atomic E-state index is 3.42. The van der Waals surface area contributed by atoms with Crippen molar-refractivity contribution in [2.45, 2.75) is 52.4 Å². The Morgan fingerprint density at radius 3 is 2.39 bits per heavy atom. The van der Waals surface area contributed by atoms with Crippen molar-refractivity contribution >= 4 is 0 Å². The first kappa shape index (κ1) is 13.6. The van der Waals surface area contributed by atoms with Crippen LogP contribution in [-0.2, 0) is 6.42 Å². The molecule has 1 saturated carbocycles. The van der Waals surface area contributed by atoms with Crippen LogP contribution < -0.4 is 5.32 Å². The zero-order chi connectivity index (χ0) is 13.0. The van der Waals surface area contributed by atoms with E-state index in [2.05, 4.69) is 44.4 Å². The van der Waals surface area contributed by atoms with Gasteiger partial charge in [0.25, 0.3) is 0 Å². The molecule has 1 fully saturated rings. The smallest absolute Gasteiger partial charge is 0.000799 e. The highest BCUT2D eigenvalue weighted by Crippen LogP contribution is 2.38. The van der Waals surface area contributed by atoms with Crippen molar-refractivity contribution in [3.05, 3.63) is 34.9 Å². The first-order valence-electron chi connectivity index (χ1n) is 7.36. The molecular weight excluding hydrogens is 218 g/mol. The third-order valence-corrected chi connectivity index (χ3v) is 4.62. The molecule has 1 aromatic rings. The number of benzene rings is 1. The standard InChI is InChI=1S/C17H27N/c1-14-7-8-16(11-15(14)2)12-17(13-18-3)9-5-4-6-10-17/h7-8,11,18H,4-6,9-10,12-13H2,1-3H3. The Hall–Kier alpha value is -0.820. The van der Waals surface area contributed by atoms with E-state index in [0.29, 0.717) is 5.41 Å². The van der Waals surface area contributed by atoms with Crippen LogP contribution in [0, 0.1) is 19.3 Å². The van der Waals surface area contributed by atoms with Gasteiger partial charge in [-0.25, -0.2) is 0 Å². The average molecular weight is 245 g/mol. The number of nitrogens with one attached hydrogen (secondary N) is 1. The zero-order valence-electron chi connectivity index (χ0n) is 12.2. The summed E-state index contributed by atoms with van der Waals surface area (Å²) < 4.78 is 0. The van der Waals surface area contributed by atoms with Gasteiger partial charge in [0.15, 0.2) is 0 Å². The molecule has 2 rings (SSSR count). The Bertz CT molecular complexity index is 383. The molecule has 0 saturated heterocycles. The van der Waals surface area contributed by atoms with Gasteiger partial charge in [-0.3, -0.25) is 0 Å². The summed E-state index contributed by atoms with van der Waals surface area (Å²) in [7, 11) is 2.09. The van der Waals surface area contributed by atoms with E-state index < -0.39 is 0 Å². The summed E-state index contributed by atoms with van der Waals surface area (Å²) in [5.41, 5.74) is 4.87. The van der Waals surface area contributed by atoms with Gasteiger partial charge >= 0.3 is 0 Å². The second kappa shape index (κ2) is 5.88. The fourth-order valence-corrected chi connectivity index (χ4v) is 3.44. The van der Waals surface area contributed by atoms with Gasteiger partial charge in [0.2, 0.25) is 0 Å². The number of rotatable bonds is 4. The van der Waals surface area contributed by atoms with E-state index in [0.717, 1.165) is 0 Å². The van der Waals surface area contributed by atoms with Crippen molar-refractivity contribution in [2.75, 3.05) is 13.6 Å². The maximum Gasteiger partial charge on any atom is 0.000799 e. The molecule has 18 heavy (non-hydrogen) atoms. The molecule has 0 aromatic heterocycles. The number of hydrogen-bond acceptors (Lipinski definition) is 1. The van der Waals surface area contributed by atoms with Crippen LogP contribution in [0.2, 0.25) is 0 Å². The number of aryl methyl sites for hydroxylation is 2. The van der Waals surface area contributed by atoms with Crippen LogP contribution in [0.4, 0.5) is 0 Å². The Balaban J connectivity index is 2.14. The fraction of sp³-hybridized carbons (Fsp3) is 0.647. The van der Waals surface area contributed by atoms with Gasteiger partial charge in [0.05, 0.1) is 0 Å². The third kappa shape index (κ3) is 3.14. The quantitative estimate of drug-likeness (QED) is 0.845. The summed E-state index contributed by atoms with van der Waals surface area (Å²) in [6, 6.07) is 7.00. The molecule has 0 atom stereocenters. The second-order valence-corrected chi connectivity index (χ2v) is 6.19. The summed E-state index contributed by atoms with van der Waals surface area (Å²) in [5.74, 6) is 0. The summed E-state index contributed by atoms with van der Waals surface area (Å²) in [6.45, 7) is 5.59. The monoisotopic (exact) mass is 245 g/mol. The van der Waals surface area contributed by atoms with Crippen molar-refractivity contribution in [2.24, 2.45) is 5.41 Å². The molecule has 0 amide bonds. The van der Waals surface area contributed by atoms with Crippen LogP contribution in [-0.4, -0.2) is 13.6 Å². The molecule has 0 spiro atoms. The third-order valence-electron chi connectivity index (χ3n) is 4.62. The van der Waals surface area contributed by atoms with Crippen LogP contribution in [0.1, 0.15) is 48.8 Å². The Morgan fingerprint density at radius 1 is 1.06 bits per heavy atom. The lowest BCUT2D eigenvalue weighted by Crippen LogP contribution is -2.36. The predicted octanol–water partition coefficient (Wildman–Crippen LogP) is 4.02. The maximum atomic E-state index is 3.42. The highest BCUT2D eigenvalue weighted by molar-refractivity contribution is 5.30. The molecule has 1 N–H and O–H groups in total. The van der Waals surface area contributed by atoms with Gasteiger partial charge in [-0.15, -0.1) is 0 Å². The van der Waals surface area contributed by atoms with Gasteiger partial charge in [-0.1, -0.05) is 37.5 Å². The van der Waals surface area contributed by atoms with Gasteiger partial charge in [-0.2, -0.15) is 0 Å². The molecule has 1 aromatic carbocycles. The van der Waals surface area contributed by atoms with E-state index in [-0.39, 0.29) is 0 Å². The molecule has 0 unspecified atom stereocenters. The van der Waals surface area contributed by atoms with E-state index in [1.54, 1.807) is 0 Å². The molecule has 1 aliphatic rings. The van der Waals surface area contributed by atoms with Crippen molar-refractivity contribution in [3.63, 3.8) is 0 Å². The zero-order valence-corrected chi connectivity index (χ0v) is 12.2. The molecule has 1 aliphatic carbocycles. The Labute approximate surface area is 112 Å². The normalized spacial score (nSPS) is 18.8. The highest BCUT2D eigenvalue weighted by Gasteiger charge is 2.31. The van der Waals surface area contributed by atoms with Crippen LogP contribution in [0.25, 0.3) is 0 Å². The summed E-state index contributed by atoms with van der Waals surface area (Å²) in [5, 5.41) is 3.42. The fourth-order valence-electron chi connectivity index (χ4n) is 3.44. The SMILES string of the molecule is CNCC1(Cc2ccc(C)c(C)c2)CCCCC1. The first-order valence-corrected chi connectivity index (χ1v) is 7.36. The summed E-state index contributed by atoms with van der Waals surface area (Å²) >= 11 is 0. The van der Waals surface area contributed by atoms with Gasteiger partial charge in [-0.05, 0) is 62.3 Å². The minimum atomic E-state index is 0.509. The van der Waals surface area contributed by atoms with Crippen LogP contribution in [0.3, 0.4) is 0 Å². The second-order valence-electron chi connectivity index (χ2n) is 6.19. The van der Waals surface area contributed by atoms with Crippen LogP contribution in [0.15, 0.2) is 18.2 Å². The lowest BCUT2D eigenvalue weighted by atomic mass is 9.70. The van der Waals surface area contributed by atoms with E-state index in [1.807, 2.05) is 0 Å². The first-order chi connectivity index (χ1) is 8.65. The molecule has 0 heterocycles. The Kier molecular flexibility index (Phi) is 4.45.